The molecule has 1 N–H and O–H groups in total. The Morgan fingerprint density at radius 3 is 2.67 bits per heavy atom. The minimum atomic E-state index is -0.899. The van der Waals surface area contributed by atoms with Crippen LogP contribution in [0, 0.1) is 0 Å². The Labute approximate surface area is 158 Å². The molecule has 3 rings (SSSR count). The number of nitrogens with zero attached hydrogens (tertiary/aromatic N) is 3. The summed E-state index contributed by atoms with van der Waals surface area (Å²) in [5.41, 5.74) is 3.16. The fourth-order valence-electron chi connectivity index (χ4n) is 3.06. The largest absolute Gasteiger partial charge is 0.374 e. The van der Waals surface area contributed by atoms with Crippen molar-refractivity contribution in [2.45, 2.75) is 6.23 Å². The van der Waals surface area contributed by atoms with Gasteiger partial charge in [0.2, 0.25) is 0 Å². The number of para-hydroxylation sites is 1. The van der Waals surface area contributed by atoms with Crippen molar-refractivity contribution in [1.82, 2.24) is 4.90 Å². The lowest BCUT2D eigenvalue weighted by molar-refractivity contribution is -0.112. The van der Waals surface area contributed by atoms with Gasteiger partial charge < -0.3 is 10.0 Å². The zero-order valence-corrected chi connectivity index (χ0v) is 15.3. The molecule has 1 aliphatic rings. The highest BCUT2D eigenvalue weighted by Crippen LogP contribution is 2.31. The van der Waals surface area contributed by atoms with E-state index in [2.05, 4.69) is 11.6 Å². The van der Waals surface area contributed by atoms with Crippen LogP contribution in [0.4, 0.5) is 11.4 Å². The van der Waals surface area contributed by atoms with E-state index < -0.39 is 6.23 Å². The first-order chi connectivity index (χ1) is 13.0. The number of aliphatic hydroxyl groups excluding tert-OH is 1. The number of hydrogen-bond acceptors (Lipinski definition) is 5. The van der Waals surface area contributed by atoms with Gasteiger partial charge in [-0.1, -0.05) is 30.3 Å². The van der Waals surface area contributed by atoms with E-state index in [9.17, 15) is 14.7 Å². The standard InChI is InChI=1S/C21H21N3O3/c1-4-11-24-18-8-6-5-7-17(18)19(21(24)27)22-15-9-10-16(14(12-15)13-25)20(26)23(2)3/h4-10,12-13,20,26H,1,11H2,2-3H3. The first kappa shape index (κ1) is 18.7. The highest BCUT2D eigenvalue weighted by atomic mass is 16.3. The minimum Gasteiger partial charge on any atom is -0.374 e. The molecule has 0 bridgehead atoms. The number of aliphatic hydroxyl groups is 1. The molecule has 27 heavy (non-hydrogen) atoms. The molecular formula is C21H21N3O3. The zero-order valence-electron chi connectivity index (χ0n) is 15.3. The number of amides is 1. The Hall–Kier alpha value is -3.09. The van der Waals surface area contributed by atoms with E-state index in [-0.39, 0.29) is 5.91 Å². The van der Waals surface area contributed by atoms with E-state index in [1.165, 1.54) is 0 Å². The lowest BCUT2D eigenvalue weighted by Gasteiger charge is -2.20. The summed E-state index contributed by atoms with van der Waals surface area (Å²) in [4.78, 5) is 32.0. The van der Waals surface area contributed by atoms with Gasteiger partial charge in [-0.3, -0.25) is 14.5 Å². The summed E-state index contributed by atoms with van der Waals surface area (Å²) in [6, 6.07) is 12.4. The predicted octanol–water partition coefficient (Wildman–Crippen LogP) is 2.71. The van der Waals surface area contributed by atoms with Gasteiger partial charge in [-0.05, 0) is 32.3 Å². The van der Waals surface area contributed by atoms with Gasteiger partial charge in [-0.15, -0.1) is 6.58 Å². The first-order valence-electron chi connectivity index (χ1n) is 8.52. The number of rotatable bonds is 6. The van der Waals surface area contributed by atoms with Crippen LogP contribution in [0.15, 0.2) is 60.1 Å². The number of carbonyl (C=O) groups is 2. The van der Waals surface area contributed by atoms with Crippen molar-refractivity contribution in [1.29, 1.82) is 0 Å². The molecule has 0 spiro atoms. The minimum absolute atomic E-state index is 0.207. The molecule has 0 fully saturated rings. The van der Waals surface area contributed by atoms with Crippen molar-refractivity contribution in [3.63, 3.8) is 0 Å². The highest BCUT2D eigenvalue weighted by molar-refractivity contribution is 6.54. The van der Waals surface area contributed by atoms with Crippen LogP contribution < -0.4 is 4.90 Å². The molecule has 0 radical (unpaired) electrons. The molecule has 0 aromatic heterocycles. The average Bonchev–Trinajstić information content (AvgIpc) is 2.93. The van der Waals surface area contributed by atoms with Crippen molar-refractivity contribution in [3.05, 3.63) is 71.8 Å². The Morgan fingerprint density at radius 2 is 2.00 bits per heavy atom. The van der Waals surface area contributed by atoms with Crippen LogP contribution in [0.3, 0.4) is 0 Å². The first-order valence-corrected chi connectivity index (χ1v) is 8.52. The second-order valence-electron chi connectivity index (χ2n) is 6.45. The highest BCUT2D eigenvalue weighted by Gasteiger charge is 2.32. The number of fused-ring (bicyclic) bond motifs is 1. The number of anilines is 1. The van der Waals surface area contributed by atoms with Crippen LogP contribution in [0.1, 0.15) is 27.7 Å². The Morgan fingerprint density at radius 1 is 1.26 bits per heavy atom. The Bertz CT molecular complexity index is 934. The number of hydrogen-bond donors (Lipinski definition) is 1. The van der Waals surface area contributed by atoms with Crippen LogP contribution in [0.25, 0.3) is 0 Å². The SMILES string of the molecule is C=CCN1C(=O)C(=Nc2ccc(C(O)N(C)C)c(C=O)c2)c2ccccc21. The van der Waals surface area contributed by atoms with Crippen molar-refractivity contribution in [3.8, 4) is 0 Å². The van der Waals surface area contributed by atoms with Crippen LogP contribution in [0.2, 0.25) is 0 Å². The maximum atomic E-state index is 12.8. The molecule has 1 atom stereocenters. The van der Waals surface area contributed by atoms with Gasteiger partial charge in [0.1, 0.15) is 11.9 Å². The number of aliphatic imine (C=N–C) groups is 1. The van der Waals surface area contributed by atoms with Crippen LogP contribution in [0.5, 0.6) is 0 Å². The Balaban J connectivity index is 2.05. The molecule has 2 aromatic carbocycles. The third-order valence-electron chi connectivity index (χ3n) is 4.41. The molecule has 1 amide bonds. The summed E-state index contributed by atoms with van der Waals surface area (Å²) in [7, 11) is 3.44. The van der Waals surface area contributed by atoms with E-state index in [4.69, 9.17) is 0 Å². The van der Waals surface area contributed by atoms with Crippen LogP contribution in [-0.2, 0) is 4.79 Å². The molecule has 1 heterocycles. The van der Waals surface area contributed by atoms with Crippen molar-refractivity contribution < 1.29 is 14.7 Å². The van der Waals surface area contributed by atoms with Gasteiger partial charge in [0, 0.05) is 23.2 Å². The lowest BCUT2D eigenvalue weighted by Crippen LogP contribution is -2.30. The fraction of sp³-hybridized carbons (Fsp3) is 0.190. The number of aldehydes is 1. The topological polar surface area (TPSA) is 73.2 Å². The van der Waals surface area contributed by atoms with Crippen LogP contribution >= 0.6 is 0 Å². The normalized spacial score (nSPS) is 15.9. The molecular weight excluding hydrogens is 342 g/mol. The number of benzene rings is 2. The summed E-state index contributed by atoms with van der Waals surface area (Å²) < 4.78 is 0. The monoisotopic (exact) mass is 363 g/mol. The third-order valence-corrected chi connectivity index (χ3v) is 4.41. The smallest absolute Gasteiger partial charge is 0.277 e. The summed E-state index contributed by atoms with van der Waals surface area (Å²) >= 11 is 0. The summed E-state index contributed by atoms with van der Waals surface area (Å²) in [5, 5.41) is 10.2. The lowest BCUT2D eigenvalue weighted by atomic mass is 10.1. The van der Waals surface area contributed by atoms with Gasteiger partial charge in [0.15, 0.2) is 6.29 Å². The van der Waals surface area contributed by atoms with Gasteiger partial charge in [0.05, 0.1) is 11.4 Å². The van der Waals surface area contributed by atoms with Crippen molar-refractivity contribution >= 4 is 29.3 Å². The van der Waals surface area contributed by atoms with E-state index in [0.29, 0.717) is 35.4 Å². The summed E-state index contributed by atoms with van der Waals surface area (Å²) in [5.74, 6) is -0.207. The quantitative estimate of drug-likeness (QED) is 0.487. The van der Waals surface area contributed by atoms with Gasteiger partial charge in [0.25, 0.3) is 5.91 Å². The molecule has 0 aliphatic carbocycles. The fourth-order valence-corrected chi connectivity index (χ4v) is 3.06. The maximum absolute atomic E-state index is 12.8. The van der Waals surface area contributed by atoms with Crippen molar-refractivity contribution in [2.75, 3.05) is 25.5 Å². The molecule has 138 valence electrons. The maximum Gasteiger partial charge on any atom is 0.277 e. The predicted molar refractivity (Wildman–Crippen MR) is 106 cm³/mol. The molecule has 1 aliphatic heterocycles. The van der Waals surface area contributed by atoms with Crippen LogP contribution in [-0.4, -0.2) is 48.6 Å². The zero-order chi connectivity index (χ0) is 19.6. The molecule has 0 saturated carbocycles. The molecule has 6 heteroatoms. The van der Waals surface area contributed by atoms with Gasteiger partial charge in [-0.25, -0.2) is 4.99 Å². The summed E-state index contributed by atoms with van der Waals surface area (Å²) in [6.07, 6.45) is 1.45. The van der Waals surface area contributed by atoms with Gasteiger partial charge in [-0.2, -0.15) is 0 Å². The van der Waals surface area contributed by atoms with E-state index in [1.54, 1.807) is 48.2 Å². The molecule has 0 saturated heterocycles. The van der Waals surface area contributed by atoms with E-state index >= 15 is 0 Å². The number of carbonyl (C=O) groups excluding carboxylic acids is 2. The molecule has 6 nitrogen and oxygen atoms in total. The second-order valence-corrected chi connectivity index (χ2v) is 6.45. The Kier molecular flexibility index (Phi) is 5.30. The molecule has 1 unspecified atom stereocenters. The summed E-state index contributed by atoms with van der Waals surface area (Å²) in [6.45, 7) is 4.09. The molecule has 2 aromatic rings. The average molecular weight is 363 g/mol. The van der Waals surface area contributed by atoms with Crippen molar-refractivity contribution in [2.24, 2.45) is 4.99 Å². The second kappa shape index (κ2) is 7.65. The van der Waals surface area contributed by atoms with E-state index in [0.717, 1.165) is 11.3 Å². The van der Waals surface area contributed by atoms with E-state index in [1.807, 2.05) is 24.3 Å². The third kappa shape index (κ3) is 3.45. The van der Waals surface area contributed by atoms with Gasteiger partial charge >= 0.3 is 0 Å².